The number of benzene rings is 1. The highest BCUT2D eigenvalue weighted by Gasteiger charge is 2.11. The van der Waals surface area contributed by atoms with Crippen LogP contribution >= 0.6 is 11.8 Å². The average molecular weight is 370 g/mol. The van der Waals surface area contributed by atoms with E-state index in [-0.39, 0.29) is 6.04 Å². The third-order valence-electron chi connectivity index (χ3n) is 3.72. The number of hydrogen-bond donors (Lipinski definition) is 2. The van der Waals surface area contributed by atoms with Gasteiger partial charge in [0.1, 0.15) is 6.33 Å². The Morgan fingerprint density at radius 3 is 2.62 bits per heavy atom. The predicted octanol–water partition coefficient (Wildman–Crippen LogP) is 3.00. The Hall–Kier alpha value is -2.68. The molecule has 26 heavy (non-hydrogen) atoms. The minimum Gasteiger partial charge on any atom is -0.357 e. The summed E-state index contributed by atoms with van der Waals surface area (Å²) >= 11 is 1.57. The van der Waals surface area contributed by atoms with Crippen LogP contribution in [0.5, 0.6) is 0 Å². The van der Waals surface area contributed by atoms with Gasteiger partial charge in [-0.2, -0.15) is 19.6 Å². The van der Waals surface area contributed by atoms with Crippen LogP contribution in [0, 0.1) is 0 Å². The van der Waals surface area contributed by atoms with Crippen LogP contribution in [-0.2, 0) is 5.75 Å². The zero-order valence-electron chi connectivity index (χ0n) is 15.0. The van der Waals surface area contributed by atoms with Crippen LogP contribution < -0.4 is 10.6 Å². The Labute approximate surface area is 156 Å². The van der Waals surface area contributed by atoms with Gasteiger partial charge in [-0.15, -0.1) is 5.10 Å². The fourth-order valence-electron chi connectivity index (χ4n) is 2.10. The van der Waals surface area contributed by atoms with E-state index in [9.17, 15) is 0 Å². The number of nitrogens with one attached hydrogen (secondary N) is 2. The summed E-state index contributed by atoms with van der Waals surface area (Å²) in [5.74, 6) is 2.23. The van der Waals surface area contributed by atoms with E-state index in [0.717, 1.165) is 12.2 Å². The normalized spacial score (nSPS) is 12.0. The van der Waals surface area contributed by atoms with E-state index >= 15 is 0 Å². The summed E-state index contributed by atoms with van der Waals surface area (Å²) in [6.07, 6.45) is 2.59. The van der Waals surface area contributed by atoms with Crippen LogP contribution in [0.25, 0.3) is 5.95 Å². The SMILES string of the molecule is CCC(C)Nc1nc(NC)nc(-n2cnc(SCc3ccccc3)n2)n1. The van der Waals surface area contributed by atoms with Gasteiger partial charge in [0.2, 0.25) is 17.1 Å². The molecule has 0 bridgehead atoms. The van der Waals surface area contributed by atoms with E-state index in [0.29, 0.717) is 23.0 Å². The maximum atomic E-state index is 4.47. The molecular formula is C17H22N8S. The largest absolute Gasteiger partial charge is 0.357 e. The highest BCUT2D eigenvalue weighted by Crippen LogP contribution is 2.19. The van der Waals surface area contributed by atoms with Gasteiger partial charge in [0, 0.05) is 18.8 Å². The lowest BCUT2D eigenvalue weighted by Gasteiger charge is -2.12. The molecule has 0 amide bonds. The summed E-state index contributed by atoms with van der Waals surface area (Å²) in [5.41, 5.74) is 1.23. The Kier molecular flexibility index (Phi) is 6.00. The van der Waals surface area contributed by atoms with E-state index in [1.165, 1.54) is 5.56 Å². The number of nitrogens with zero attached hydrogens (tertiary/aromatic N) is 6. The second-order valence-corrected chi connectivity index (χ2v) is 6.67. The molecule has 3 aromatic rings. The Bertz CT molecular complexity index is 836. The molecule has 9 heteroatoms. The first-order valence-electron chi connectivity index (χ1n) is 8.47. The molecule has 0 saturated heterocycles. The number of hydrogen-bond acceptors (Lipinski definition) is 8. The molecule has 2 N–H and O–H groups in total. The molecule has 0 saturated carbocycles. The monoisotopic (exact) mass is 370 g/mol. The number of aromatic nitrogens is 6. The molecule has 1 atom stereocenters. The van der Waals surface area contributed by atoms with E-state index < -0.39 is 0 Å². The number of rotatable bonds is 8. The summed E-state index contributed by atoms with van der Waals surface area (Å²) < 4.78 is 1.57. The quantitative estimate of drug-likeness (QED) is 0.585. The van der Waals surface area contributed by atoms with E-state index in [2.05, 4.69) is 61.6 Å². The molecule has 8 nitrogen and oxygen atoms in total. The standard InChI is InChI=1S/C17H22N8S/c1-4-12(2)20-15-21-14(18-3)22-16(23-15)25-11-19-17(24-25)26-10-13-8-6-5-7-9-13/h5-9,11-12H,4,10H2,1-3H3,(H2,18,20,21,22,23). The molecule has 0 aliphatic rings. The molecule has 136 valence electrons. The average Bonchev–Trinajstić information content (AvgIpc) is 3.16. The Balaban J connectivity index is 1.76. The van der Waals surface area contributed by atoms with Crippen molar-refractivity contribution >= 4 is 23.7 Å². The van der Waals surface area contributed by atoms with Crippen molar-refractivity contribution in [1.82, 2.24) is 29.7 Å². The zero-order chi connectivity index (χ0) is 18.4. The van der Waals surface area contributed by atoms with Gasteiger partial charge >= 0.3 is 0 Å². The van der Waals surface area contributed by atoms with Crippen LogP contribution in [-0.4, -0.2) is 42.8 Å². The summed E-state index contributed by atoms with van der Waals surface area (Å²) in [5, 5.41) is 11.4. The van der Waals surface area contributed by atoms with Crippen LogP contribution in [0.15, 0.2) is 41.8 Å². The van der Waals surface area contributed by atoms with E-state index in [1.54, 1.807) is 29.8 Å². The summed E-state index contributed by atoms with van der Waals surface area (Å²) in [4.78, 5) is 17.5. The molecule has 0 spiro atoms. The van der Waals surface area contributed by atoms with Crippen LogP contribution in [0.3, 0.4) is 0 Å². The molecule has 1 aromatic carbocycles. The molecular weight excluding hydrogens is 348 g/mol. The lowest BCUT2D eigenvalue weighted by molar-refractivity contribution is 0.735. The number of anilines is 2. The van der Waals surface area contributed by atoms with Gasteiger partial charge in [0.25, 0.3) is 5.95 Å². The molecule has 0 fully saturated rings. The minimum absolute atomic E-state index is 0.266. The molecule has 2 aromatic heterocycles. The molecule has 0 radical (unpaired) electrons. The predicted molar refractivity (Wildman–Crippen MR) is 104 cm³/mol. The molecule has 0 aliphatic heterocycles. The highest BCUT2D eigenvalue weighted by atomic mass is 32.2. The van der Waals surface area contributed by atoms with Crippen molar-refractivity contribution < 1.29 is 0 Å². The van der Waals surface area contributed by atoms with Gasteiger partial charge in [-0.3, -0.25) is 0 Å². The van der Waals surface area contributed by atoms with Crippen molar-refractivity contribution in [3.8, 4) is 5.95 Å². The van der Waals surface area contributed by atoms with Gasteiger partial charge in [-0.1, -0.05) is 49.0 Å². The van der Waals surface area contributed by atoms with Gasteiger partial charge in [0.15, 0.2) is 0 Å². The Morgan fingerprint density at radius 1 is 1.12 bits per heavy atom. The van der Waals surface area contributed by atoms with Crippen molar-refractivity contribution in [3.63, 3.8) is 0 Å². The van der Waals surface area contributed by atoms with Gasteiger partial charge in [0.05, 0.1) is 0 Å². The highest BCUT2D eigenvalue weighted by molar-refractivity contribution is 7.98. The first kappa shape index (κ1) is 18.1. The smallest absolute Gasteiger partial charge is 0.258 e. The summed E-state index contributed by atoms with van der Waals surface area (Å²) in [6, 6.07) is 10.5. The third kappa shape index (κ3) is 4.69. The first-order valence-corrected chi connectivity index (χ1v) is 9.45. The van der Waals surface area contributed by atoms with E-state index in [1.807, 2.05) is 18.2 Å². The third-order valence-corrected chi connectivity index (χ3v) is 4.64. The second-order valence-electron chi connectivity index (χ2n) is 5.73. The topological polar surface area (TPSA) is 93.4 Å². The molecule has 2 heterocycles. The lowest BCUT2D eigenvalue weighted by Crippen LogP contribution is -2.18. The van der Waals surface area contributed by atoms with E-state index in [4.69, 9.17) is 0 Å². The summed E-state index contributed by atoms with van der Waals surface area (Å²) in [7, 11) is 1.77. The van der Waals surface area contributed by atoms with Gasteiger partial charge < -0.3 is 10.6 Å². The van der Waals surface area contributed by atoms with Crippen LogP contribution in [0.4, 0.5) is 11.9 Å². The van der Waals surface area contributed by atoms with Crippen molar-refractivity contribution in [2.45, 2.75) is 37.2 Å². The minimum atomic E-state index is 0.266. The molecule has 0 aliphatic carbocycles. The fraction of sp³-hybridized carbons (Fsp3) is 0.353. The fourth-order valence-corrected chi connectivity index (χ4v) is 2.85. The second kappa shape index (κ2) is 8.61. The van der Waals surface area contributed by atoms with Crippen molar-refractivity contribution in [2.75, 3.05) is 17.7 Å². The molecule has 3 rings (SSSR count). The zero-order valence-corrected chi connectivity index (χ0v) is 15.9. The van der Waals surface area contributed by atoms with Crippen molar-refractivity contribution in [2.24, 2.45) is 0 Å². The lowest BCUT2D eigenvalue weighted by atomic mass is 10.2. The maximum absolute atomic E-state index is 4.47. The summed E-state index contributed by atoms with van der Waals surface area (Å²) in [6.45, 7) is 4.18. The van der Waals surface area contributed by atoms with Crippen LogP contribution in [0.1, 0.15) is 25.8 Å². The van der Waals surface area contributed by atoms with Crippen molar-refractivity contribution in [3.05, 3.63) is 42.2 Å². The molecule has 1 unspecified atom stereocenters. The van der Waals surface area contributed by atoms with Crippen molar-refractivity contribution in [1.29, 1.82) is 0 Å². The van der Waals surface area contributed by atoms with Gasteiger partial charge in [-0.05, 0) is 18.9 Å². The number of thioether (sulfide) groups is 1. The van der Waals surface area contributed by atoms with Crippen LogP contribution in [0.2, 0.25) is 0 Å². The maximum Gasteiger partial charge on any atom is 0.258 e. The first-order chi connectivity index (χ1) is 12.7. The Morgan fingerprint density at radius 2 is 1.88 bits per heavy atom. The van der Waals surface area contributed by atoms with Gasteiger partial charge in [-0.25, -0.2) is 4.98 Å².